The second-order valence-corrected chi connectivity index (χ2v) is 14.4. The third kappa shape index (κ3) is 7.01. The molecule has 0 bridgehead atoms. The average molecular weight is 626 g/mol. The summed E-state index contributed by atoms with van der Waals surface area (Å²) in [7, 11) is 0. The topological polar surface area (TPSA) is 0 Å². The van der Waals surface area contributed by atoms with E-state index in [1.165, 1.54) is 70.2 Å². The third-order valence-corrected chi connectivity index (χ3v) is 10.3. The van der Waals surface area contributed by atoms with Gasteiger partial charge >= 0.3 is 53.1 Å². The molecule has 4 aromatic carbocycles. The summed E-state index contributed by atoms with van der Waals surface area (Å²) < 4.78 is 1.79. The van der Waals surface area contributed by atoms with Gasteiger partial charge in [-0.3, -0.25) is 6.08 Å². The first-order chi connectivity index (χ1) is 20.3. The molecular weight excluding hydrogens is 584 g/mol. The van der Waals surface area contributed by atoms with Gasteiger partial charge in [-0.2, -0.15) is 29.8 Å². The summed E-state index contributed by atoms with van der Waals surface area (Å²) in [6, 6.07) is 36.9. The molecule has 7 rings (SSSR count). The van der Waals surface area contributed by atoms with Crippen molar-refractivity contribution in [2.45, 2.75) is 77.0 Å². The number of allylic oxidation sites excluding steroid dienone is 4. The second-order valence-electron chi connectivity index (χ2n) is 12.6. The van der Waals surface area contributed by atoms with Crippen LogP contribution in [-0.4, -0.2) is 3.21 Å². The van der Waals surface area contributed by atoms with Gasteiger partial charge in [0.05, 0.1) is 0 Å². The monoisotopic (exact) mass is 624 g/mol. The van der Waals surface area contributed by atoms with Crippen molar-refractivity contribution >= 4 is 3.21 Å². The molecule has 1 fully saturated rings. The number of fused-ring (bicyclic) bond motifs is 3. The zero-order chi connectivity index (χ0) is 29.6. The summed E-state index contributed by atoms with van der Waals surface area (Å²) in [5.41, 5.74) is 10.7. The zero-order valence-electron chi connectivity index (χ0n) is 25.6. The Labute approximate surface area is 268 Å². The molecule has 0 aromatic heterocycles. The molecule has 0 aliphatic heterocycles. The van der Waals surface area contributed by atoms with E-state index in [1.807, 2.05) is 12.2 Å². The van der Waals surface area contributed by atoms with E-state index < -0.39 is 0 Å². The van der Waals surface area contributed by atoms with Crippen molar-refractivity contribution in [3.8, 4) is 11.1 Å². The van der Waals surface area contributed by atoms with Crippen LogP contribution in [0.5, 0.6) is 0 Å². The van der Waals surface area contributed by atoms with Crippen LogP contribution in [0.1, 0.15) is 93.2 Å². The van der Waals surface area contributed by atoms with Crippen molar-refractivity contribution in [2.75, 3.05) is 0 Å². The van der Waals surface area contributed by atoms with E-state index in [0.29, 0.717) is 0 Å². The summed E-state index contributed by atoms with van der Waals surface area (Å²) in [5.74, 6) is 0. The summed E-state index contributed by atoms with van der Waals surface area (Å²) in [4.78, 5) is 0. The van der Waals surface area contributed by atoms with E-state index in [1.54, 1.807) is 27.4 Å². The molecule has 3 aliphatic rings. The molecule has 4 aromatic rings. The van der Waals surface area contributed by atoms with Crippen LogP contribution < -0.4 is 0 Å². The molecule has 1 saturated carbocycles. The first-order valence-corrected chi connectivity index (χ1v) is 16.6. The molecule has 0 saturated heterocycles. The van der Waals surface area contributed by atoms with Crippen molar-refractivity contribution in [2.24, 2.45) is 0 Å². The van der Waals surface area contributed by atoms with Gasteiger partial charge in [0.1, 0.15) is 0 Å². The standard InChI is InChI=1S/C31H29.C5H8.C5H5.Zr/c1-30(2,24-11-7-5-8-12-24)26-17-15-22-19-23-16-18-27(21-29(23)28(22)20-26)31(3,4)25-13-9-6-10-14-25;2*1-2-4-5-3-1;/h5-15,17-18,20-21H,19H2,1-4H3;1-4H2;1-3H,4H2;/q-1;;-1;+2. The molecule has 210 valence electrons. The van der Waals surface area contributed by atoms with Crippen LogP contribution in [0.4, 0.5) is 0 Å². The van der Waals surface area contributed by atoms with Crippen LogP contribution >= 0.6 is 0 Å². The quantitative estimate of drug-likeness (QED) is 0.174. The van der Waals surface area contributed by atoms with E-state index in [9.17, 15) is 0 Å². The number of hydrogen-bond donors (Lipinski definition) is 0. The van der Waals surface area contributed by atoms with Gasteiger partial charge in [0.2, 0.25) is 0 Å². The van der Waals surface area contributed by atoms with E-state index >= 15 is 0 Å². The normalized spacial score (nSPS) is 15.0. The maximum atomic E-state index is 3.63. The van der Waals surface area contributed by atoms with Gasteiger partial charge in [0.25, 0.3) is 0 Å². The van der Waals surface area contributed by atoms with Gasteiger partial charge in [0, 0.05) is 5.41 Å². The van der Waals surface area contributed by atoms with Crippen molar-refractivity contribution < 1.29 is 24.2 Å². The van der Waals surface area contributed by atoms with Gasteiger partial charge in [-0.1, -0.05) is 118 Å². The average Bonchev–Trinajstić information content (AvgIpc) is 3.81. The predicted molar refractivity (Wildman–Crippen MR) is 176 cm³/mol. The summed E-state index contributed by atoms with van der Waals surface area (Å²) in [6.45, 7) is 9.26. The Morgan fingerprint density at radius 1 is 0.667 bits per heavy atom. The fraction of sp³-hybridized carbons (Fsp3) is 0.293. The minimum absolute atomic E-state index is 0.0380. The Bertz CT molecular complexity index is 1450. The van der Waals surface area contributed by atoms with Crippen molar-refractivity contribution in [3.63, 3.8) is 0 Å². The molecule has 0 N–H and O–H groups in total. The van der Waals surface area contributed by atoms with Gasteiger partial charge in [-0.25, -0.2) is 12.2 Å². The van der Waals surface area contributed by atoms with Crippen LogP contribution in [0, 0.1) is 12.1 Å². The molecule has 1 heteroatoms. The van der Waals surface area contributed by atoms with E-state index in [0.717, 1.165) is 12.8 Å². The molecule has 0 amide bonds. The molecule has 0 spiro atoms. The van der Waals surface area contributed by atoms with E-state index in [2.05, 4.69) is 137 Å². The Morgan fingerprint density at radius 2 is 1.26 bits per heavy atom. The van der Waals surface area contributed by atoms with Gasteiger partial charge in [-0.05, 0) is 28.5 Å². The van der Waals surface area contributed by atoms with Crippen LogP contribution in [0.15, 0.2) is 109 Å². The summed E-state index contributed by atoms with van der Waals surface area (Å²) >= 11 is 1.68. The molecule has 0 nitrogen and oxygen atoms in total. The molecular formula is C41H42Zr. The van der Waals surface area contributed by atoms with Crippen LogP contribution in [0.25, 0.3) is 11.1 Å². The first-order valence-electron chi connectivity index (χ1n) is 15.3. The second kappa shape index (κ2) is 13.6. The Balaban J connectivity index is 0.000000267. The Hall–Kier alpha value is -2.89. The summed E-state index contributed by atoms with van der Waals surface area (Å²) in [6.07, 6.45) is 16.8. The molecule has 3 aliphatic carbocycles. The Morgan fingerprint density at radius 3 is 1.76 bits per heavy atom. The Kier molecular flexibility index (Phi) is 9.90. The molecule has 0 atom stereocenters. The van der Waals surface area contributed by atoms with Crippen LogP contribution in [0.2, 0.25) is 0 Å². The number of hydrogen-bond acceptors (Lipinski definition) is 0. The third-order valence-electron chi connectivity index (χ3n) is 9.02. The number of rotatable bonds is 4. The fourth-order valence-electron chi connectivity index (χ4n) is 6.02. The zero-order valence-corrected chi connectivity index (χ0v) is 28.1. The van der Waals surface area contributed by atoms with Gasteiger partial charge in [0.15, 0.2) is 0 Å². The van der Waals surface area contributed by atoms with Crippen molar-refractivity contribution in [1.29, 1.82) is 0 Å². The molecule has 42 heavy (non-hydrogen) atoms. The van der Waals surface area contributed by atoms with Crippen LogP contribution in [-0.2, 0) is 41.5 Å². The van der Waals surface area contributed by atoms with Gasteiger partial charge < -0.3 is 0 Å². The van der Waals surface area contributed by atoms with E-state index in [-0.39, 0.29) is 10.8 Å². The summed E-state index contributed by atoms with van der Waals surface area (Å²) in [5, 5.41) is 0. The SMILES string of the molecule is CC(C)(c1ccccc1)c1c[c-]c2c(c1)-c1cc(C(C)(C)c3ccccc3)ccc1C2.[C-]1=CC=CC1.[Zr+2]=[C]1CCCC1. The minimum atomic E-state index is -0.0591. The van der Waals surface area contributed by atoms with Crippen LogP contribution in [0.3, 0.4) is 0 Å². The fourth-order valence-corrected chi connectivity index (χ4v) is 6.89. The molecule has 0 unspecified atom stereocenters. The maximum absolute atomic E-state index is 3.63. The van der Waals surface area contributed by atoms with Gasteiger partial charge in [-0.15, -0.1) is 17.5 Å². The first kappa shape index (κ1) is 30.6. The predicted octanol–water partition coefficient (Wildman–Crippen LogP) is 10.3. The van der Waals surface area contributed by atoms with E-state index in [4.69, 9.17) is 0 Å². The molecule has 0 radical (unpaired) electrons. The molecule has 0 heterocycles. The van der Waals surface area contributed by atoms with Crippen molar-refractivity contribution in [1.82, 2.24) is 0 Å². The number of benzene rings is 4. The van der Waals surface area contributed by atoms with Crippen molar-refractivity contribution in [3.05, 3.63) is 155 Å².